The van der Waals surface area contributed by atoms with Gasteiger partial charge in [-0.25, -0.2) is 0 Å². The van der Waals surface area contributed by atoms with E-state index in [2.05, 4.69) is 20.1 Å². The molecule has 0 bridgehead atoms. The van der Waals surface area contributed by atoms with Crippen molar-refractivity contribution in [2.45, 2.75) is 43.2 Å². The smallest absolute Gasteiger partial charge is 0.234 e. The molecule has 0 spiro atoms. The summed E-state index contributed by atoms with van der Waals surface area (Å²) >= 11 is 1.41. The van der Waals surface area contributed by atoms with Crippen molar-refractivity contribution in [3.63, 3.8) is 0 Å². The quantitative estimate of drug-likeness (QED) is 0.539. The van der Waals surface area contributed by atoms with Crippen molar-refractivity contribution in [3.8, 4) is 11.4 Å². The summed E-state index contributed by atoms with van der Waals surface area (Å²) in [5, 5.41) is 12.7. The topological polar surface area (TPSA) is 69.0 Å². The van der Waals surface area contributed by atoms with E-state index in [9.17, 15) is 4.79 Å². The third kappa shape index (κ3) is 4.84. The first-order valence-corrected chi connectivity index (χ1v) is 11.3. The van der Waals surface area contributed by atoms with Gasteiger partial charge in [0.1, 0.15) is 11.6 Å². The van der Waals surface area contributed by atoms with Crippen LogP contribution in [0.25, 0.3) is 5.69 Å². The lowest BCUT2D eigenvalue weighted by Crippen LogP contribution is -2.15. The van der Waals surface area contributed by atoms with Gasteiger partial charge in [0.2, 0.25) is 5.91 Å². The van der Waals surface area contributed by atoms with E-state index in [-0.39, 0.29) is 11.7 Å². The Morgan fingerprint density at radius 1 is 1.07 bits per heavy atom. The van der Waals surface area contributed by atoms with Crippen molar-refractivity contribution >= 4 is 23.4 Å². The number of rotatable bonds is 7. The highest BCUT2D eigenvalue weighted by Gasteiger charge is 2.24. The second-order valence-electron chi connectivity index (χ2n) is 7.41. The molecule has 6 nitrogen and oxygen atoms in total. The molecule has 1 heterocycles. The number of thioether (sulfide) groups is 1. The second-order valence-corrected chi connectivity index (χ2v) is 8.35. The van der Waals surface area contributed by atoms with E-state index < -0.39 is 0 Å². The lowest BCUT2D eigenvalue weighted by molar-refractivity contribution is -0.113. The van der Waals surface area contributed by atoms with E-state index in [1.165, 1.54) is 31.0 Å². The molecule has 156 valence electrons. The van der Waals surface area contributed by atoms with Crippen LogP contribution in [-0.4, -0.2) is 33.5 Å². The molecule has 1 aliphatic rings. The van der Waals surface area contributed by atoms with Crippen molar-refractivity contribution in [3.05, 3.63) is 60.4 Å². The highest BCUT2D eigenvalue weighted by Crippen LogP contribution is 2.35. The Morgan fingerprint density at radius 3 is 2.50 bits per heavy atom. The van der Waals surface area contributed by atoms with E-state index in [0.717, 1.165) is 40.9 Å². The molecule has 1 fully saturated rings. The number of nitrogens with one attached hydrogen (secondary N) is 1. The van der Waals surface area contributed by atoms with Crippen LogP contribution in [0.2, 0.25) is 0 Å². The van der Waals surface area contributed by atoms with E-state index >= 15 is 0 Å². The van der Waals surface area contributed by atoms with Crippen LogP contribution < -0.4 is 10.1 Å². The van der Waals surface area contributed by atoms with E-state index in [1.54, 1.807) is 7.11 Å². The molecule has 1 amide bonds. The zero-order chi connectivity index (χ0) is 20.8. The predicted molar refractivity (Wildman–Crippen MR) is 120 cm³/mol. The fourth-order valence-corrected chi connectivity index (χ4v) is 4.58. The number of amides is 1. The average molecular weight is 423 g/mol. The number of ether oxygens (including phenoxy) is 1. The molecule has 3 aromatic rings. The molecule has 1 N–H and O–H groups in total. The van der Waals surface area contributed by atoms with Crippen molar-refractivity contribution in [2.75, 3.05) is 18.2 Å². The molecule has 4 rings (SSSR count). The largest absolute Gasteiger partial charge is 0.497 e. The Kier molecular flexibility index (Phi) is 6.69. The number of methoxy groups -OCH3 is 1. The zero-order valence-corrected chi connectivity index (χ0v) is 17.9. The minimum Gasteiger partial charge on any atom is -0.497 e. The van der Waals surface area contributed by atoms with Gasteiger partial charge in [-0.3, -0.25) is 9.36 Å². The average Bonchev–Trinajstić information content (AvgIpc) is 3.23. The molecule has 30 heavy (non-hydrogen) atoms. The van der Waals surface area contributed by atoms with E-state index in [0.29, 0.717) is 5.92 Å². The number of aromatic nitrogens is 3. The number of hydrogen-bond acceptors (Lipinski definition) is 5. The van der Waals surface area contributed by atoms with Crippen molar-refractivity contribution in [1.82, 2.24) is 14.8 Å². The minimum atomic E-state index is -0.0605. The maximum Gasteiger partial charge on any atom is 0.234 e. The highest BCUT2D eigenvalue weighted by atomic mass is 32.2. The highest BCUT2D eigenvalue weighted by molar-refractivity contribution is 7.99. The van der Waals surface area contributed by atoms with Crippen molar-refractivity contribution < 1.29 is 9.53 Å². The molecule has 1 aromatic heterocycles. The third-order valence-electron chi connectivity index (χ3n) is 5.35. The first-order valence-electron chi connectivity index (χ1n) is 10.3. The molecule has 7 heteroatoms. The Labute approximate surface area is 181 Å². The van der Waals surface area contributed by atoms with Gasteiger partial charge in [0.05, 0.1) is 12.9 Å². The molecule has 0 atom stereocenters. The second kappa shape index (κ2) is 9.80. The van der Waals surface area contributed by atoms with Crippen LogP contribution >= 0.6 is 11.8 Å². The van der Waals surface area contributed by atoms with Gasteiger partial charge >= 0.3 is 0 Å². The number of nitrogens with zero attached hydrogens (tertiary/aromatic N) is 3. The summed E-state index contributed by atoms with van der Waals surface area (Å²) in [4.78, 5) is 12.4. The summed E-state index contributed by atoms with van der Waals surface area (Å²) in [5.74, 6) is 2.41. The Balaban J connectivity index is 1.55. The van der Waals surface area contributed by atoms with Crippen molar-refractivity contribution in [1.29, 1.82) is 0 Å². The standard InChI is InChI=1S/C23H26N4O2S/c1-29-20-14-12-19(13-15-20)27-22(17-8-4-2-5-9-17)25-26-23(27)30-16-21(28)24-18-10-6-3-7-11-18/h3,6-7,10-15,17H,2,4-5,8-9,16H2,1H3,(H,24,28). The van der Waals surface area contributed by atoms with Gasteiger partial charge in [-0.2, -0.15) is 0 Å². The fourth-order valence-electron chi connectivity index (χ4n) is 3.82. The summed E-state index contributed by atoms with van der Waals surface area (Å²) in [6, 6.07) is 17.4. The number of anilines is 1. The van der Waals surface area contributed by atoms with Crippen LogP contribution in [0.3, 0.4) is 0 Å². The molecule has 1 saturated carbocycles. The Bertz CT molecular complexity index is 967. The van der Waals surface area contributed by atoms with Gasteiger partial charge in [0.15, 0.2) is 5.16 Å². The fraction of sp³-hybridized carbons (Fsp3) is 0.348. The third-order valence-corrected chi connectivity index (χ3v) is 6.28. The van der Waals surface area contributed by atoms with E-state index in [4.69, 9.17) is 4.74 Å². The van der Waals surface area contributed by atoms with Gasteiger partial charge in [-0.05, 0) is 49.2 Å². The summed E-state index contributed by atoms with van der Waals surface area (Å²) in [6.07, 6.45) is 6.00. The van der Waals surface area contributed by atoms with Crippen LogP contribution in [0, 0.1) is 0 Å². The van der Waals surface area contributed by atoms with Crippen LogP contribution in [0.1, 0.15) is 43.8 Å². The molecule has 0 saturated heterocycles. The first-order chi connectivity index (χ1) is 14.7. The molecule has 0 unspecified atom stereocenters. The summed E-state index contributed by atoms with van der Waals surface area (Å²) in [6.45, 7) is 0. The van der Waals surface area contributed by atoms with Gasteiger partial charge in [0.25, 0.3) is 0 Å². The lowest BCUT2D eigenvalue weighted by Gasteiger charge is -2.22. The summed E-state index contributed by atoms with van der Waals surface area (Å²) < 4.78 is 7.41. The molecule has 0 radical (unpaired) electrons. The Morgan fingerprint density at radius 2 is 1.80 bits per heavy atom. The van der Waals surface area contributed by atoms with Crippen LogP contribution in [0.15, 0.2) is 59.8 Å². The van der Waals surface area contributed by atoms with Gasteiger partial charge in [-0.15, -0.1) is 10.2 Å². The van der Waals surface area contributed by atoms with Gasteiger partial charge in [-0.1, -0.05) is 49.2 Å². The van der Waals surface area contributed by atoms with Crippen molar-refractivity contribution in [2.24, 2.45) is 0 Å². The molecule has 1 aliphatic carbocycles. The van der Waals surface area contributed by atoms with Crippen LogP contribution in [-0.2, 0) is 4.79 Å². The normalized spacial score (nSPS) is 14.4. The lowest BCUT2D eigenvalue weighted by atomic mass is 9.88. The zero-order valence-electron chi connectivity index (χ0n) is 17.1. The number of carbonyl (C=O) groups is 1. The van der Waals surface area contributed by atoms with Crippen LogP contribution in [0.4, 0.5) is 5.69 Å². The van der Waals surface area contributed by atoms with E-state index in [1.807, 2.05) is 54.6 Å². The molecular weight excluding hydrogens is 396 g/mol. The number of benzene rings is 2. The van der Waals surface area contributed by atoms with Crippen LogP contribution in [0.5, 0.6) is 5.75 Å². The number of carbonyl (C=O) groups excluding carboxylic acids is 1. The first kappa shape index (κ1) is 20.5. The predicted octanol–water partition coefficient (Wildman–Crippen LogP) is 5.05. The SMILES string of the molecule is COc1ccc(-n2c(SCC(=O)Nc3ccccc3)nnc2C2CCCCC2)cc1. The Hall–Kier alpha value is -2.80. The minimum absolute atomic E-state index is 0.0605. The number of para-hydroxylation sites is 1. The monoisotopic (exact) mass is 422 g/mol. The maximum atomic E-state index is 12.4. The maximum absolute atomic E-state index is 12.4. The van der Waals surface area contributed by atoms with Gasteiger partial charge < -0.3 is 10.1 Å². The summed E-state index contributed by atoms with van der Waals surface area (Å²) in [7, 11) is 1.66. The molecule has 0 aliphatic heterocycles. The van der Waals surface area contributed by atoms with Gasteiger partial charge in [0, 0.05) is 17.3 Å². The summed E-state index contributed by atoms with van der Waals surface area (Å²) in [5.41, 5.74) is 1.79. The molecule has 2 aromatic carbocycles. The number of hydrogen-bond donors (Lipinski definition) is 1. The molecular formula is C23H26N4O2S.